The van der Waals surface area contributed by atoms with Crippen LogP contribution in [0.3, 0.4) is 0 Å². The number of thiophene rings is 1. The Balaban J connectivity index is 2.13. The summed E-state index contributed by atoms with van der Waals surface area (Å²) in [5, 5.41) is 7.30. The summed E-state index contributed by atoms with van der Waals surface area (Å²) >= 11 is 1.46. The molecule has 6 nitrogen and oxygen atoms in total. The Hall–Kier alpha value is -2.32. The topological polar surface area (TPSA) is 84.1 Å². The van der Waals surface area contributed by atoms with E-state index in [1.54, 1.807) is 18.2 Å². The van der Waals surface area contributed by atoms with Gasteiger partial charge in [-0.15, -0.1) is 11.3 Å². The van der Waals surface area contributed by atoms with Crippen LogP contribution >= 0.6 is 11.3 Å². The summed E-state index contributed by atoms with van der Waals surface area (Å²) in [4.78, 5) is 1.91. The smallest absolute Gasteiger partial charge is 0.263 e. The molecule has 0 aliphatic heterocycles. The minimum absolute atomic E-state index is 0.269. The molecule has 0 spiro atoms. The molecule has 0 fully saturated rings. The van der Waals surface area contributed by atoms with E-state index >= 15 is 0 Å². The highest BCUT2D eigenvalue weighted by Gasteiger charge is 2.29. The van der Waals surface area contributed by atoms with Crippen molar-refractivity contribution in [1.29, 1.82) is 0 Å². The number of nitrogens with zero attached hydrogens (tertiary/aromatic N) is 1. The zero-order chi connectivity index (χ0) is 19.8. The number of benzene rings is 1. The van der Waals surface area contributed by atoms with Crippen LogP contribution in [0.25, 0.3) is 11.3 Å². The largest absolute Gasteiger partial charge is 0.492 e. The third kappa shape index (κ3) is 3.59. The summed E-state index contributed by atoms with van der Waals surface area (Å²) in [6, 6.07) is 7.02. The molecule has 3 rings (SSSR count). The predicted octanol–water partition coefficient (Wildman–Crippen LogP) is 4.57. The highest BCUT2D eigenvalue weighted by molar-refractivity contribution is 7.93. The normalized spacial score (nSPS) is 11.6. The molecule has 2 N–H and O–H groups in total. The lowest BCUT2D eigenvalue weighted by Crippen LogP contribution is -2.15. The molecule has 8 heteroatoms. The van der Waals surface area contributed by atoms with Gasteiger partial charge in [0.2, 0.25) is 0 Å². The Kier molecular flexibility index (Phi) is 5.30. The summed E-state index contributed by atoms with van der Waals surface area (Å²) < 4.78 is 34.9. The zero-order valence-corrected chi connectivity index (χ0v) is 17.6. The van der Waals surface area contributed by atoms with Crippen LogP contribution in [-0.2, 0) is 10.0 Å². The predicted molar refractivity (Wildman–Crippen MR) is 109 cm³/mol. The van der Waals surface area contributed by atoms with Crippen molar-refractivity contribution < 1.29 is 13.2 Å². The fourth-order valence-corrected chi connectivity index (χ4v) is 5.95. The molecule has 0 saturated carbocycles. The van der Waals surface area contributed by atoms with Gasteiger partial charge in [0.15, 0.2) is 0 Å². The van der Waals surface area contributed by atoms with E-state index < -0.39 is 10.0 Å². The van der Waals surface area contributed by atoms with Crippen molar-refractivity contribution in [2.75, 3.05) is 11.3 Å². The van der Waals surface area contributed by atoms with Crippen LogP contribution in [0.5, 0.6) is 5.75 Å². The minimum atomic E-state index is -3.82. The SMILES string of the molecule is CCOc1ccccc1NS(=O)(=O)c1c(C)sc(C)c1-c1n[nH]c(C)c1C. The molecule has 0 amide bonds. The fraction of sp³-hybridized carbons (Fsp3) is 0.316. The first-order valence-corrected chi connectivity index (χ1v) is 10.9. The van der Waals surface area contributed by atoms with Crippen molar-refractivity contribution >= 4 is 27.0 Å². The third-order valence-electron chi connectivity index (χ3n) is 4.39. The Bertz CT molecular complexity index is 1080. The van der Waals surface area contributed by atoms with Gasteiger partial charge in [0.1, 0.15) is 10.6 Å². The van der Waals surface area contributed by atoms with E-state index in [9.17, 15) is 8.42 Å². The Morgan fingerprint density at radius 2 is 1.85 bits per heavy atom. The quantitative estimate of drug-likeness (QED) is 0.629. The number of hydrogen-bond acceptors (Lipinski definition) is 5. The average Bonchev–Trinajstić information content (AvgIpc) is 3.08. The maximum absolute atomic E-state index is 13.3. The number of hydrogen-bond donors (Lipinski definition) is 2. The van der Waals surface area contributed by atoms with E-state index in [0.29, 0.717) is 29.3 Å². The number of anilines is 1. The molecule has 2 heterocycles. The number of sulfonamides is 1. The monoisotopic (exact) mass is 405 g/mol. The molecular formula is C19H23N3O3S2. The van der Waals surface area contributed by atoms with Crippen molar-refractivity contribution in [3.63, 3.8) is 0 Å². The van der Waals surface area contributed by atoms with E-state index in [1.165, 1.54) is 11.3 Å². The van der Waals surface area contributed by atoms with E-state index in [0.717, 1.165) is 21.0 Å². The molecule has 0 aliphatic carbocycles. The number of aromatic nitrogens is 2. The van der Waals surface area contributed by atoms with Crippen LogP contribution in [0.1, 0.15) is 27.9 Å². The van der Waals surface area contributed by atoms with Gasteiger partial charge in [-0.05, 0) is 52.3 Å². The standard InChI is InChI=1S/C19H23N3O3S2/c1-6-25-16-10-8-7-9-15(16)22-27(23,24)19-14(5)26-13(4)17(19)18-11(2)12(3)20-21-18/h7-10,22H,6H2,1-5H3,(H,20,21). The van der Waals surface area contributed by atoms with Crippen molar-refractivity contribution in [3.05, 3.63) is 45.3 Å². The van der Waals surface area contributed by atoms with Gasteiger partial charge in [-0.1, -0.05) is 12.1 Å². The Labute approximate surface area is 163 Å². The lowest BCUT2D eigenvalue weighted by Gasteiger charge is -2.14. The van der Waals surface area contributed by atoms with Gasteiger partial charge in [-0.25, -0.2) is 8.42 Å². The highest BCUT2D eigenvalue weighted by atomic mass is 32.2. The van der Waals surface area contributed by atoms with Crippen LogP contribution in [0.2, 0.25) is 0 Å². The summed E-state index contributed by atoms with van der Waals surface area (Å²) in [5.74, 6) is 0.501. The number of rotatable bonds is 6. The molecule has 144 valence electrons. The molecule has 2 aromatic heterocycles. The van der Waals surface area contributed by atoms with Crippen molar-refractivity contribution in [2.45, 2.75) is 39.5 Å². The minimum Gasteiger partial charge on any atom is -0.492 e. The number of para-hydroxylation sites is 2. The second-order valence-electron chi connectivity index (χ2n) is 6.28. The molecule has 0 atom stereocenters. The molecule has 0 bridgehead atoms. The first-order chi connectivity index (χ1) is 12.8. The number of nitrogens with one attached hydrogen (secondary N) is 2. The number of ether oxygens (including phenoxy) is 1. The summed E-state index contributed by atoms with van der Waals surface area (Å²) in [5.41, 5.74) is 3.62. The molecule has 1 aromatic carbocycles. The van der Waals surface area contributed by atoms with Gasteiger partial charge in [-0.2, -0.15) is 5.10 Å². The maximum atomic E-state index is 13.3. The first kappa shape index (κ1) is 19.4. The van der Waals surface area contributed by atoms with Crippen LogP contribution in [0, 0.1) is 27.7 Å². The van der Waals surface area contributed by atoms with Crippen molar-refractivity contribution in [1.82, 2.24) is 10.2 Å². The summed E-state index contributed by atoms with van der Waals surface area (Å²) in [6.07, 6.45) is 0. The first-order valence-electron chi connectivity index (χ1n) is 8.62. The highest BCUT2D eigenvalue weighted by Crippen LogP contribution is 2.41. The fourth-order valence-electron chi connectivity index (χ4n) is 3.02. The maximum Gasteiger partial charge on any atom is 0.263 e. The van der Waals surface area contributed by atoms with E-state index in [1.807, 2.05) is 40.7 Å². The van der Waals surface area contributed by atoms with Gasteiger partial charge < -0.3 is 4.74 Å². The van der Waals surface area contributed by atoms with Gasteiger partial charge in [-0.3, -0.25) is 9.82 Å². The number of aryl methyl sites for hydroxylation is 3. The van der Waals surface area contributed by atoms with Crippen molar-refractivity contribution in [2.24, 2.45) is 0 Å². The molecule has 27 heavy (non-hydrogen) atoms. The Morgan fingerprint density at radius 3 is 2.48 bits per heavy atom. The van der Waals surface area contributed by atoms with Crippen LogP contribution in [-0.4, -0.2) is 25.2 Å². The molecular weight excluding hydrogens is 382 g/mol. The van der Waals surface area contributed by atoms with Gasteiger partial charge in [0.05, 0.1) is 18.0 Å². The molecule has 0 radical (unpaired) electrons. The Morgan fingerprint density at radius 1 is 1.15 bits per heavy atom. The zero-order valence-electron chi connectivity index (χ0n) is 16.0. The van der Waals surface area contributed by atoms with E-state index in [2.05, 4.69) is 14.9 Å². The lowest BCUT2D eigenvalue weighted by atomic mass is 10.1. The van der Waals surface area contributed by atoms with Gasteiger partial charge in [0.25, 0.3) is 10.0 Å². The van der Waals surface area contributed by atoms with Crippen LogP contribution in [0.15, 0.2) is 29.2 Å². The molecule has 0 saturated heterocycles. The summed E-state index contributed by atoms with van der Waals surface area (Å²) in [6.45, 7) is 9.91. The molecule has 0 aliphatic rings. The lowest BCUT2D eigenvalue weighted by molar-refractivity contribution is 0.342. The van der Waals surface area contributed by atoms with Crippen molar-refractivity contribution in [3.8, 4) is 17.0 Å². The number of H-pyrrole nitrogens is 1. The second-order valence-corrected chi connectivity index (χ2v) is 9.32. The van der Waals surface area contributed by atoms with Gasteiger partial charge >= 0.3 is 0 Å². The van der Waals surface area contributed by atoms with Crippen LogP contribution in [0.4, 0.5) is 5.69 Å². The third-order valence-corrected chi connectivity index (χ3v) is 7.08. The van der Waals surface area contributed by atoms with Crippen LogP contribution < -0.4 is 9.46 Å². The van der Waals surface area contributed by atoms with E-state index in [4.69, 9.17) is 4.74 Å². The second kappa shape index (κ2) is 7.36. The molecule has 0 unspecified atom stereocenters. The summed E-state index contributed by atoms with van der Waals surface area (Å²) in [7, 11) is -3.82. The number of aromatic amines is 1. The molecule has 3 aromatic rings. The van der Waals surface area contributed by atoms with Gasteiger partial charge in [0, 0.05) is 21.0 Å². The van der Waals surface area contributed by atoms with E-state index in [-0.39, 0.29) is 4.90 Å². The average molecular weight is 406 g/mol.